The molecule has 1 saturated carbocycles. The lowest BCUT2D eigenvalue weighted by molar-refractivity contribution is -0.127. The van der Waals surface area contributed by atoms with Crippen LogP contribution in [0.4, 0.5) is 0 Å². The quantitative estimate of drug-likeness (QED) is 0.734. The Bertz CT molecular complexity index is 241. The Morgan fingerprint density at radius 3 is 2.17 bits per heavy atom. The summed E-state index contributed by atoms with van der Waals surface area (Å²) in [6.45, 7) is 4.88. The van der Waals surface area contributed by atoms with Gasteiger partial charge in [-0.15, -0.1) is 0 Å². The van der Waals surface area contributed by atoms with Crippen LogP contribution in [0, 0.1) is 5.92 Å². The Hall–Kier alpha value is -0.570. The van der Waals surface area contributed by atoms with Gasteiger partial charge in [-0.2, -0.15) is 0 Å². The van der Waals surface area contributed by atoms with E-state index in [0.717, 1.165) is 38.5 Å². The predicted molar refractivity (Wildman–Crippen MR) is 76.3 cm³/mol. The van der Waals surface area contributed by atoms with E-state index in [-0.39, 0.29) is 17.4 Å². The fourth-order valence-corrected chi connectivity index (χ4v) is 3.08. The Labute approximate surface area is 112 Å². The monoisotopic (exact) mass is 254 g/mol. The smallest absolute Gasteiger partial charge is 0.223 e. The lowest BCUT2D eigenvalue weighted by Gasteiger charge is -2.38. The average molecular weight is 254 g/mol. The lowest BCUT2D eigenvalue weighted by Crippen LogP contribution is -2.56. The van der Waals surface area contributed by atoms with E-state index in [0.29, 0.717) is 6.54 Å². The highest BCUT2D eigenvalue weighted by Crippen LogP contribution is 2.28. The largest absolute Gasteiger partial charge is 0.349 e. The van der Waals surface area contributed by atoms with Crippen molar-refractivity contribution in [2.75, 3.05) is 6.54 Å². The minimum atomic E-state index is -0.102. The number of rotatable bonds is 7. The first-order valence-corrected chi connectivity index (χ1v) is 7.69. The molecular formula is C15H30N2O. The zero-order valence-electron chi connectivity index (χ0n) is 12.1. The fraction of sp³-hybridized carbons (Fsp3) is 0.933. The molecule has 1 rings (SSSR count). The van der Waals surface area contributed by atoms with E-state index in [1.165, 1.54) is 19.3 Å². The van der Waals surface area contributed by atoms with Crippen LogP contribution < -0.4 is 11.1 Å². The van der Waals surface area contributed by atoms with E-state index in [1.807, 2.05) is 0 Å². The van der Waals surface area contributed by atoms with Crippen molar-refractivity contribution in [2.24, 2.45) is 11.7 Å². The molecule has 0 spiro atoms. The number of carbonyl (C=O) groups excluding carboxylic acids is 1. The summed E-state index contributed by atoms with van der Waals surface area (Å²) in [5, 5.41) is 3.29. The highest BCUT2D eigenvalue weighted by atomic mass is 16.2. The molecule has 0 aromatic heterocycles. The second kappa shape index (κ2) is 7.78. The Balaban J connectivity index is 2.58. The van der Waals surface area contributed by atoms with Crippen molar-refractivity contribution in [3.8, 4) is 0 Å². The summed E-state index contributed by atoms with van der Waals surface area (Å²) in [6, 6.07) is 0. The number of hydrogen-bond acceptors (Lipinski definition) is 2. The summed E-state index contributed by atoms with van der Waals surface area (Å²) in [5.74, 6) is 0.427. The van der Waals surface area contributed by atoms with Crippen LogP contribution in [0.2, 0.25) is 0 Å². The van der Waals surface area contributed by atoms with Gasteiger partial charge in [-0.25, -0.2) is 0 Å². The minimum absolute atomic E-state index is 0.102. The van der Waals surface area contributed by atoms with Crippen molar-refractivity contribution in [3.05, 3.63) is 0 Å². The number of nitrogens with two attached hydrogens (primary N) is 1. The topological polar surface area (TPSA) is 55.1 Å². The third-order valence-electron chi connectivity index (χ3n) is 4.23. The van der Waals surface area contributed by atoms with E-state index in [2.05, 4.69) is 19.2 Å². The molecule has 0 bridgehead atoms. The Morgan fingerprint density at radius 2 is 1.72 bits per heavy atom. The van der Waals surface area contributed by atoms with Crippen molar-refractivity contribution >= 4 is 5.91 Å². The second-order valence-corrected chi connectivity index (χ2v) is 5.81. The summed E-state index contributed by atoms with van der Waals surface area (Å²) in [4.78, 5) is 12.4. The first-order chi connectivity index (χ1) is 8.67. The van der Waals surface area contributed by atoms with Gasteiger partial charge < -0.3 is 11.1 Å². The van der Waals surface area contributed by atoms with Gasteiger partial charge in [-0.1, -0.05) is 46.0 Å². The highest BCUT2D eigenvalue weighted by molar-refractivity contribution is 5.79. The maximum Gasteiger partial charge on any atom is 0.223 e. The number of carbonyl (C=O) groups is 1. The van der Waals surface area contributed by atoms with Crippen molar-refractivity contribution in [1.29, 1.82) is 0 Å². The molecule has 3 heteroatoms. The van der Waals surface area contributed by atoms with E-state index in [1.54, 1.807) is 0 Å². The van der Waals surface area contributed by atoms with Crippen molar-refractivity contribution in [1.82, 2.24) is 5.32 Å². The summed E-state index contributed by atoms with van der Waals surface area (Å²) in [7, 11) is 0. The van der Waals surface area contributed by atoms with Gasteiger partial charge in [0.15, 0.2) is 0 Å². The maximum absolute atomic E-state index is 12.4. The van der Waals surface area contributed by atoms with Gasteiger partial charge >= 0.3 is 0 Å². The fourth-order valence-electron chi connectivity index (χ4n) is 3.08. The molecule has 0 atom stereocenters. The van der Waals surface area contributed by atoms with Gasteiger partial charge in [0.05, 0.1) is 5.54 Å². The SMILES string of the molecule is CCCC(CCC)C(=O)NC1(CN)CCCCC1. The number of hydrogen-bond donors (Lipinski definition) is 2. The molecule has 0 aliphatic heterocycles. The Morgan fingerprint density at radius 1 is 1.17 bits per heavy atom. The van der Waals surface area contributed by atoms with E-state index >= 15 is 0 Å². The van der Waals surface area contributed by atoms with Crippen molar-refractivity contribution < 1.29 is 4.79 Å². The first kappa shape index (κ1) is 15.5. The van der Waals surface area contributed by atoms with Gasteiger partial charge in [0.1, 0.15) is 0 Å². The van der Waals surface area contributed by atoms with Gasteiger partial charge in [0.2, 0.25) is 5.91 Å². The molecule has 0 saturated heterocycles. The zero-order chi connectivity index (χ0) is 13.4. The molecular weight excluding hydrogens is 224 g/mol. The van der Waals surface area contributed by atoms with Crippen LogP contribution in [0.5, 0.6) is 0 Å². The molecule has 3 N–H and O–H groups in total. The maximum atomic E-state index is 12.4. The molecule has 0 aromatic carbocycles. The molecule has 18 heavy (non-hydrogen) atoms. The second-order valence-electron chi connectivity index (χ2n) is 5.81. The standard InChI is InChI=1S/C15H30N2O/c1-3-8-13(9-4-2)14(18)17-15(12-16)10-6-5-7-11-15/h13H,3-12,16H2,1-2H3,(H,17,18). The van der Waals surface area contributed by atoms with Crippen LogP contribution in [-0.2, 0) is 4.79 Å². The highest BCUT2D eigenvalue weighted by Gasteiger charge is 2.33. The van der Waals surface area contributed by atoms with E-state index in [9.17, 15) is 4.79 Å². The third kappa shape index (κ3) is 4.27. The molecule has 1 aliphatic rings. The molecule has 3 nitrogen and oxygen atoms in total. The molecule has 1 fully saturated rings. The van der Waals surface area contributed by atoms with Crippen molar-refractivity contribution in [3.63, 3.8) is 0 Å². The molecule has 1 aliphatic carbocycles. The first-order valence-electron chi connectivity index (χ1n) is 7.69. The summed E-state index contributed by atoms with van der Waals surface area (Å²) < 4.78 is 0. The normalized spacial score (nSPS) is 18.9. The molecule has 0 unspecified atom stereocenters. The molecule has 0 radical (unpaired) electrons. The van der Waals surface area contributed by atoms with Crippen LogP contribution in [0.25, 0.3) is 0 Å². The summed E-state index contributed by atoms with van der Waals surface area (Å²) in [5.41, 5.74) is 5.82. The van der Waals surface area contributed by atoms with Gasteiger partial charge in [0.25, 0.3) is 0 Å². The molecule has 0 aromatic rings. The van der Waals surface area contributed by atoms with Crippen LogP contribution in [-0.4, -0.2) is 18.0 Å². The third-order valence-corrected chi connectivity index (χ3v) is 4.23. The molecule has 0 heterocycles. The summed E-state index contributed by atoms with van der Waals surface area (Å²) >= 11 is 0. The minimum Gasteiger partial charge on any atom is -0.349 e. The molecule has 106 valence electrons. The molecule has 1 amide bonds. The van der Waals surface area contributed by atoms with Crippen LogP contribution in [0.1, 0.15) is 71.6 Å². The summed E-state index contributed by atoms with van der Waals surface area (Å²) in [6.07, 6.45) is 9.95. The number of amides is 1. The lowest BCUT2D eigenvalue weighted by atomic mass is 9.81. The van der Waals surface area contributed by atoms with Gasteiger partial charge in [-0.3, -0.25) is 4.79 Å². The number of nitrogens with one attached hydrogen (secondary N) is 1. The van der Waals surface area contributed by atoms with Crippen LogP contribution in [0.3, 0.4) is 0 Å². The predicted octanol–water partition coefficient (Wildman–Crippen LogP) is 2.98. The average Bonchev–Trinajstić information content (AvgIpc) is 2.39. The van der Waals surface area contributed by atoms with Crippen LogP contribution >= 0.6 is 0 Å². The van der Waals surface area contributed by atoms with E-state index < -0.39 is 0 Å². The van der Waals surface area contributed by atoms with E-state index in [4.69, 9.17) is 5.73 Å². The zero-order valence-corrected chi connectivity index (χ0v) is 12.1. The van der Waals surface area contributed by atoms with Gasteiger partial charge in [-0.05, 0) is 25.7 Å². The van der Waals surface area contributed by atoms with Crippen LogP contribution in [0.15, 0.2) is 0 Å². The van der Waals surface area contributed by atoms with Crippen molar-refractivity contribution in [2.45, 2.75) is 77.2 Å². The Kier molecular flexibility index (Phi) is 6.69. The van der Waals surface area contributed by atoms with Gasteiger partial charge in [0, 0.05) is 12.5 Å².